The van der Waals surface area contributed by atoms with Crippen molar-refractivity contribution in [1.82, 2.24) is 9.78 Å². The first-order valence-corrected chi connectivity index (χ1v) is 7.63. The van der Waals surface area contributed by atoms with Crippen molar-refractivity contribution in [3.8, 4) is 11.4 Å². The lowest BCUT2D eigenvalue weighted by molar-refractivity contribution is -0.156. The molecule has 0 amide bonds. The number of ether oxygens (including phenoxy) is 3. The van der Waals surface area contributed by atoms with Gasteiger partial charge in [-0.2, -0.15) is 5.10 Å². The summed E-state index contributed by atoms with van der Waals surface area (Å²) >= 11 is 0. The molecular formula is C17H20N2O5. The first kappa shape index (κ1) is 17.5. The van der Waals surface area contributed by atoms with Crippen LogP contribution in [0.15, 0.2) is 36.7 Å². The fraction of sp³-hybridized carbons (Fsp3) is 0.353. The summed E-state index contributed by atoms with van der Waals surface area (Å²) in [6.45, 7) is 3.69. The Bertz CT molecular complexity index is 679. The summed E-state index contributed by atoms with van der Waals surface area (Å²) in [5.74, 6) is -2.03. The molecule has 0 fully saturated rings. The highest BCUT2D eigenvalue weighted by atomic mass is 16.6. The Hall–Kier alpha value is -2.83. The van der Waals surface area contributed by atoms with Gasteiger partial charge in [0.2, 0.25) is 0 Å². The molecule has 0 unspecified atom stereocenters. The van der Waals surface area contributed by atoms with Crippen LogP contribution >= 0.6 is 0 Å². The predicted molar refractivity (Wildman–Crippen MR) is 86.1 cm³/mol. The van der Waals surface area contributed by atoms with Gasteiger partial charge in [0.25, 0.3) is 0 Å². The largest absolute Gasteiger partial charge is 0.497 e. The molecule has 0 N–H and O–H groups in total. The fourth-order valence-electron chi connectivity index (χ4n) is 2.31. The number of methoxy groups -OCH3 is 1. The van der Waals surface area contributed by atoms with Crippen LogP contribution in [0.1, 0.15) is 25.3 Å². The van der Waals surface area contributed by atoms with E-state index in [1.165, 1.54) is 7.11 Å². The SMILES string of the molecule is CCOC(=O)C(C(=O)OCC)c1cc(OC)ccc1-n1cccn1. The molecule has 0 bridgehead atoms. The molecule has 1 aromatic carbocycles. The summed E-state index contributed by atoms with van der Waals surface area (Å²) in [4.78, 5) is 24.8. The van der Waals surface area contributed by atoms with E-state index in [0.717, 1.165) is 0 Å². The molecule has 7 heteroatoms. The van der Waals surface area contributed by atoms with Gasteiger partial charge in [0, 0.05) is 18.0 Å². The van der Waals surface area contributed by atoms with Gasteiger partial charge in [-0.05, 0) is 38.1 Å². The average Bonchev–Trinajstić information content (AvgIpc) is 3.09. The van der Waals surface area contributed by atoms with Crippen LogP contribution in [0.4, 0.5) is 0 Å². The lowest BCUT2D eigenvalue weighted by Gasteiger charge is -2.18. The molecule has 7 nitrogen and oxygen atoms in total. The second kappa shape index (κ2) is 8.14. The summed E-state index contributed by atoms with van der Waals surface area (Å²) in [5, 5.41) is 4.17. The molecule has 0 aliphatic carbocycles. The third-order valence-corrected chi connectivity index (χ3v) is 3.34. The Morgan fingerprint density at radius 3 is 2.33 bits per heavy atom. The van der Waals surface area contributed by atoms with Gasteiger partial charge in [0.15, 0.2) is 5.92 Å². The molecule has 0 aliphatic heterocycles. The molecule has 2 rings (SSSR count). The summed E-state index contributed by atoms with van der Waals surface area (Å²) in [6.07, 6.45) is 3.33. The van der Waals surface area contributed by atoms with E-state index in [1.807, 2.05) is 0 Å². The summed E-state index contributed by atoms with van der Waals surface area (Å²) < 4.78 is 16.9. The van der Waals surface area contributed by atoms with Crippen molar-refractivity contribution in [2.45, 2.75) is 19.8 Å². The summed E-state index contributed by atoms with van der Waals surface area (Å²) in [6, 6.07) is 6.83. The lowest BCUT2D eigenvalue weighted by atomic mass is 9.96. The minimum absolute atomic E-state index is 0.163. The number of carbonyl (C=O) groups is 2. The van der Waals surface area contributed by atoms with E-state index in [4.69, 9.17) is 14.2 Å². The molecule has 0 saturated carbocycles. The minimum atomic E-state index is -1.21. The van der Waals surface area contributed by atoms with Gasteiger partial charge in [-0.1, -0.05) is 0 Å². The van der Waals surface area contributed by atoms with Gasteiger partial charge >= 0.3 is 11.9 Å². The highest BCUT2D eigenvalue weighted by Crippen LogP contribution is 2.29. The topological polar surface area (TPSA) is 79.7 Å². The number of rotatable bonds is 7. The average molecular weight is 332 g/mol. The highest BCUT2D eigenvalue weighted by molar-refractivity contribution is 6.01. The molecule has 0 radical (unpaired) electrons. The van der Waals surface area contributed by atoms with E-state index in [0.29, 0.717) is 17.0 Å². The normalized spacial score (nSPS) is 10.5. The van der Waals surface area contributed by atoms with Gasteiger partial charge in [0.1, 0.15) is 5.75 Å². The van der Waals surface area contributed by atoms with E-state index in [2.05, 4.69) is 5.10 Å². The third kappa shape index (κ3) is 3.73. The molecule has 0 atom stereocenters. The Labute approximate surface area is 140 Å². The van der Waals surface area contributed by atoms with E-state index in [9.17, 15) is 9.59 Å². The standard InChI is InChI=1S/C17H20N2O5/c1-4-23-16(20)15(17(21)24-5-2)13-11-12(22-3)7-8-14(13)19-10-6-9-18-19/h6-11,15H,4-5H2,1-3H3. The van der Waals surface area contributed by atoms with Crippen molar-refractivity contribution in [3.63, 3.8) is 0 Å². The van der Waals surface area contributed by atoms with Gasteiger partial charge < -0.3 is 14.2 Å². The minimum Gasteiger partial charge on any atom is -0.497 e. The zero-order chi connectivity index (χ0) is 17.5. The summed E-state index contributed by atoms with van der Waals surface area (Å²) in [7, 11) is 1.51. The third-order valence-electron chi connectivity index (χ3n) is 3.34. The number of carbonyl (C=O) groups excluding carboxylic acids is 2. The van der Waals surface area contributed by atoms with Gasteiger partial charge in [-0.15, -0.1) is 0 Å². The summed E-state index contributed by atoms with van der Waals surface area (Å²) in [5.41, 5.74) is 0.988. The molecule has 1 aromatic heterocycles. The monoisotopic (exact) mass is 332 g/mol. The first-order valence-electron chi connectivity index (χ1n) is 7.63. The Morgan fingerprint density at radius 1 is 1.17 bits per heavy atom. The second-order valence-corrected chi connectivity index (χ2v) is 4.81. The number of hydrogen-bond donors (Lipinski definition) is 0. The molecule has 24 heavy (non-hydrogen) atoms. The molecule has 128 valence electrons. The van der Waals surface area contributed by atoms with Crippen molar-refractivity contribution >= 4 is 11.9 Å². The van der Waals surface area contributed by atoms with Crippen molar-refractivity contribution < 1.29 is 23.8 Å². The first-order chi connectivity index (χ1) is 11.6. The number of hydrogen-bond acceptors (Lipinski definition) is 6. The van der Waals surface area contributed by atoms with E-state index < -0.39 is 17.9 Å². The molecule has 0 spiro atoms. The smallest absolute Gasteiger partial charge is 0.324 e. The predicted octanol–water partition coefficient (Wildman–Crippen LogP) is 2.09. The van der Waals surface area contributed by atoms with Crippen LogP contribution in [-0.4, -0.2) is 42.0 Å². The Morgan fingerprint density at radius 2 is 1.83 bits per heavy atom. The van der Waals surface area contributed by atoms with Crippen LogP contribution in [0, 0.1) is 0 Å². The van der Waals surface area contributed by atoms with Crippen molar-refractivity contribution in [2.75, 3.05) is 20.3 Å². The van der Waals surface area contributed by atoms with Crippen LogP contribution in [0.5, 0.6) is 5.75 Å². The van der Waals surface area contributed by atoms with Crippen LogP contribution in [-0.2, 0) is 19.1 Å². The van der Waals surface area contributed by atoms with Crippen LogP contribution in [0.3, 0.4) is 0 Å². The molecule has 0 saturated heterocycles. The van der Waals surface area contributed by atoms with Crippen LogP contribution in [0.2, 0.25) is 0 Å². The number of nitrogens with zero attached hydrogens (tertiary/aromatic N) is 2. The van der Waals surface area contributed by atoms with Gasteiger partial charge in [-0.3, -0.25) is 9.59 Å². The fourth-order valence-corrected chi connectivity index (χ4v) is 2.31. The van der Waals surface area contributed by atoms with E-state index >= 15 is 0 Å². The number of esters is 2. The molecule has 1 heterocycles. The molecular weight excluding hydrogens is 312 g/mol. The lowest BCUT2D eigenvalue weighted by Crippen LogP contribution is -2.27. The zero-order valence-electron chi connectivity index (χ0n) is 13.9. The van der Waals surface area contributed by atoms with Gasteiger partial charge in [0.05, 0.1) is 26.0 Å². The number of benzene rings is 1. The maximum absolute atomic E-state index is 12.4. The second-order valence-electron chi connectivity index (χ2n) is 4.81. The van der Waals surface area contributed by atoms with Crippen LogP contribution < -0.4 is 4.74 Å². The molecule has 0 aliphatic rings. The maximum atomic E-state index is 12.4. The van der Waals surface area contributed by atoms with Crippen molar-refractivity contribution in [1.29, 1.82) is 0 Å². The van der Waals surface area contributed by atoms with Gasteiger partial charge in [-0.25, -0.2) is 4.68 Å². The number of aromatic nitrogens is 2. The maximum Gasteiger partial charge on any atom is 0.324 e. The highest BCUT2D eigenvalue weighted by Gasteiger charge is 2.34. The van der Waals surface area contributed by atoms with Crippen LogP contribution in [0.25, 0.3) is 5.69 Å². The Kier molecular flexibility index (Phi) is 5.95. The van der Waals surface area contributed by atoms with Crippen molar-refractivity contribution in [2.24, 2.45) is 0 Å². The quantitative estimate of drug-likeness (QED) is 0.570. The van der Waals surface area contributed by atoms with Crippen molar-refractivity contribution in [3.05, 3.63) is 42.2 Å². The Balaban J connectivity index is 2.57. The van der Waals surface area contributed by atoms with E-state index in [1.54, 1.807) is 55.2 Å². The molecule has 2 aromatic rings. The zero-order valence-corrected chi connectivity index (χ0v) is 13.9. The van der Waals surface area contributed by atoms with E-state index in [-0.39, 0.29) is 13.2 Å².